The van der Waals surface area contributed by atoms with E-state index in [1.54, 1.807) is 31.3 Å². The molecule has 0 fully saturated rings. The summed E-state index contributed by atoms with van der Waals surface area (Å²) in [4.78, 5) is 2.46. The van der Waals surface area contributed by atoms with Gasteiger partial charge in [0.2, 0.25) is 5.69 Å². The third-order valence-corrected chi connectivity index (χ3v) is 12.1. The molecule has 8 heteroatoms. The second-order valence-corrected chi connectivity index (χ2v) is 16.2. The zero-order valence-electron chi connectivity index (χ0n) is 27.4. The lowest BCUT2D eigenvalue weighted by Crippen LogP contribution is -2.28. The molecule has 0 bridgehead atoms. The Hall–Kier alpha value is -3.58. The molecule has 0 radical (unpaired) electrons. The van der Waals surface area contributed by atoms with Crippen LogP contribution in [0, 0.1) is 0 Å². The maximum atomic E-state index is 14.0. The molecule has 3 aromatic carbocycles. The summed E-state index contributed by atoms with van der Waals surface area (Å²) in [5.74, 6) is 0. The van der Waals surface area contributed by atoms with Gasteiger partial charge in [-0.15, -0.1) is 0 Å². The standard InChI is InChI=1S/C38H40Cl2N3O2S/c1-37(2)30-23-27(39)17-19-32(30)41(5)34(37)21-15-25-13-14-26(36(25)43(7)46(44,45)29-11-9-8-10-12-29)16-22-35-38(3,4)31-24-28(40)18-20-33(31)42(35)6/h8-12,15-24H,13-14H2,1-7H3/q+1. The first kappa shape index (κ1) is 32.4. The van der Waals surface area contributed by atoms with Crippen LogP contribution in [0.3, 0.4) is 0 Å². The van der Waals surface area contributed by atoms with Gasteiger partial charge < -0.3 is 4.90 Å². The van der Waals surface area contributed by atoms with Gasteiger partial charge in [0.1, 0.15) is 7.05 Å². The Labute approximate surface area is 283 Å². The number of allylic oxidation sites excluding steroid dienone is 7. The summed E-state index contributed by atoms with van der Waals surface area (Å²) in [7, 11) is 2.00. The fraction of sp³-hybridized carbons (Fsp3) is 0.289. The molecule has 6 rings (SSSR count). The van der Waals surface area contributed by atoms with Crippen LogP contribution in [0.5, 0.6) is 0 Å². The van der Waals surface area contributed by atoms with Gasteiger partial charge >= 0.3 is 0 Å². The van der Waals surface area contributed by atoms with E-state index in [0.717, 1.165) is 52.5 Å². The predicted octanol–water partition coefficient (Wildman–Crippen LogP) is 9.16. The number of rotatable bonds is 6. The molecule has 0 unspecified atom stereocenters. The largest absolute Gasteiger partial charge is 0.347 e. The summed E-state index contributed by atoms with van der Waals surface area (Å²) >= 11 is 12.8. The quantitative estimate of drug-likeness (QED) is 0.245. The molecular weight excluding hydrogens is 633 g/mol. The van der Waals surface area contributed by atoms with E-state index in [0.29, 0.717) is 10.0 Å². The Morgan fingerprint density at radius 3 is 2.20 bits per heavy atom. The van der Waals surface area contributed by atoms with Crippen molar-refractivity contribution < 1.29 is 13.0 Å². The summed E-state index contributed by atoms with van der Waals surface area (Å²) in [6.07, 6.45) is 9.93. The van der Waals surface area contributed by atoms with Crippen molar-refractivity contribution >= 4 is 50.3 Å². The molecular formula is C38H40Cl2N3O2S+. The molecule has 0 spiro atoms. The minimum atomic E-state index is -3.80. The first-order valence-corrected chi connectivity index (χ1v) is 17.7. The van der Waals surface area contributed by atoms with Crippen LogP contribution in [0.25, 0.3) is 0 Å². The van der Waals surface area contributed by atoms with Crippen LogP contribution < -0.4 is 4.90 Å². The number of fused-ring (bicyclic) bond motifs is 2. The van der Waals surface area contributed by atoms with Crippen molar-refractivity contribution in [1.82, 2.24) is 4.31 Å². The second kappa shape index (κ2) is 11.6. The van der Waals surface area contributed by atoms with Gasteiger partial charge in [0.05, 0.1) is 16.0 Å². The number of likely N-dealkylation sites (N-methyl/N-ethyl adjacent to an activating group) is 2. The molecule has 0 saturated carbocycles. The van der Waals surface area contributed by atoms with Gasteiger partial charge in [-0.1, -0.05) is 67.4 Å². The molecule has 3 aliphatic rings. The Bertz CT molecular complexity index is 2020. The molecule has 0 saturated heterocycles. The van der Waals surface area contributed by atoms with E-state index < -0.39 is 10.0 Å². The number of hydrogen-bond donors (Lipinski definition) is 0. The molecule has 0 atom stereocenters. The van der Waals surface area contributed by atoms with E-state index >= 15 is 0 Å². The highest BCUT2D eigenvalue weighted by atomic mass is 35.5. The van der Waals surface area contributed by atoms with E-state index in [1.165, 1.54) is 15.4 Å². The van der Waals surface area contributed by atoms with Crippen molar-refractivity contribution in [2.24, 2.45) is 0 Å². The number of sulfonamides is 1. The average Bonchev–Trinajstić information content (AvgIpc) is 3.56. The molecule has 2 aliphatic heterocycles. The number of hydrogen-bond acceptors (Lipinski definition) is 3. The van der Waals surface area contributed by atoms with Gasteiger partial charge in [0, 0.05) is 58.6 Å². The van der Waals surface area contributed by atoms with Gasteiger partial charge in [-0.05, 0) is 91.9 Å². The smallest absolute Gasteiger partial charge is 0.264 e. The van der Waals surface area contributed by atoms with Crippen LogP contribution >= 0.6 is 23.2 Å². The third kappa shape index (κ3) is 5.25. The zero-order valence-corrected chi connectivity index (χ0v) is 29.7. The SMILES string of the molecule is CN1/C(=C/C=C2\CCC(/C=C/C3=[N+](C)c4ccc(Cl)cc4C3(C)C)=C2N(C)S(=O)(=O)c2ccccc2)C(C)(C)c2cc(Cl)ccc21. The number of nitrogens with zero attached hydrogens (tertiary/aromatic N) is 3. The van der Waals surface area contributed by atoms with Crippen molar-refractivity contribution in [1.29, 1.82) is 0 Å². The molecule has 3 aromatic rings. The minimum absolute atomic E-state index is 0.264. The van der Waals surface area contributed by atoms with Gasteiger partial charge in [0.15, 0.2) is 5.71 Å². The maximum Gasteiger partial charge on any atom is 0.264 e. The molecule has 5 nitrogen and oxygen atoms in total. The Morgan fingerprint density at radius 1 is 0.848 bits per heavy atom. The highest BCUT2D eigenvalue weighted by molar-refractivity contribution is 7.89. The maximum absolute atomic E-state index is 14.0. The first-order chi connectivity index (χ1) is 21.7. The fourth-order valence-electron chi connectivity index (χ4n) is 7.29. The van der Waals surface area contributed by atoms with E-state index in [2.05, 4.69) is 87.7 Å². The van der Waals surface area contributed by atoms with Crippen LogP contribution in [-0.2, 0) is 20.9 Å². The lowest BCUT2D eigenvalue weighted by atomic mass is 9.81. The van der Waals surface area contributed by atoms with Crippen molar-refractivity contribution in [3.63, 3.8) is 0 Å². The molecule has 0 aromatic heterocycles. The average molecular weight is 674 g/mol. The van der Waals surface area contributed by atoms with Crippen LogP contribution in [-0.4, -0.2) is 44.2 Å². The van der Waals surface area contributed by atoms with Crippen LogP contribution in [0.4, 0.5) is 11.4 Å². The van der Waals surface area contributed by atoms with Crippen LogP contribution in [0.2, 0.25) is 10.0 Å². The highest BCUT2D eigenvalue weighted by Crippen LogP contribution is 2.48. The molecule has 0 amide bonds. The van der Waals surface area contributed by atoms with Crippen molar-refractivity contribution in [3.05, 3.63) is 135 Å². The summed E-state index contributed by atoms with van der Waals surface area (Å²) in [5.41, 5.74) is 8.96. The summed E-state index contributed by atoms with van der Waals surface area (Å²) in [6, 6.07) is 20.7. The Balaban J connectivity index is 1.45. The van der Waals surface area contributed by atoms with Crippen molar-refractivity contribution in [2.75, 3.05) is 26.0 Å². The summed E-state index contributed by atoms with van der Waals surface area (Å²) in [6.45, 7) is 8.79. The van der Waals surface area contributed by atoms with Crippen molar-refractivity contribution in [2.45, 2.75) is 56.3 Å². The molecule has 46 heavy (non-hydrogen) atoms. The molecule has 1 aliphatic carbocycles. The van der Waals surface area contributed by atoms with Crippen LogP contribution in [0.1, 0.15) is 51.7 Å². The lowest BCUT2D eigenvalue weighted by molar-refractivity contribution is -0.401. The zero-order chi connectivity index (χ0) is 33.2. The number of anilines is 1. The molecule has 238 valence electrons. The van der Waals surface area contributed by atoms with Crippen molar-refractivity contribution in [3.8, 4) is 0 Å². The highest BCUT2D eigenvalue weighted by Gasteiger charge is 2.43. The Kier molecular flexibility index (Phi) is 8.15. The van der Waals surface area contributed by atoms with Gasteiger partial charge in [-0.3, -0.25) is 4.31 Å². The summed E-state index contributed by atoms with van der Waals surface area (Å²) in [5, 5.41) is 1.43. The number of halogens is 2. The fourth-order valence-corrected chi connectivity index (χ4v) is 8.92. The molecule has 0 N–H and O–H groups in total. The number of benzene rings is 3. The Morgan fingerprint density at radius 2 is 1.50 bits per heavy atom. The monoisotopic (exact) mass is 672 g/mol. The van der Waals surface area contributed by atoms with E-state index in [-0.39, 0.29) is 15.7 Å². The van der Waals surface area contributed by atoms with E-state index in [9.17, 15) is 8.42 Å². The van der Waals surface area contributed by atoms with Gasteiger partial charge in [0.25, 0.3) is 10.0 Å². The topological polar surface area (TPSA) is 43.6 Å². The first-order valence-electron chi connectivity index (χ1n) is 15.5. The van der Waals surface area contributed by atoms with E-state index in [1.807, 2.05) is 30.3 Å². The minimum Gasteiger partial charge on any atom is -0.347 e. The molecule has 2 heterocycles. The normalized spacial score (nSPS) is 20.4. The third-order valence-electron chi connectivity index (χ3n) is 9.86. The van der Waals surface area contributed by atoms with Crippen LogP contribution in [0.15, 0.2) is 118 Å². The lowest BCUT2D eigenvalue weighted by Gasteiger charge is -2.25. The van der Waals surface area contributed by atoms with Gasteiger partial charge in [-0.25, -0.2) is 8.42 Å². The predicted molar refractivity (Wildman–Crippen MR) is 191 cm³/mol. The van der Waals surface area contributed by atoms with Gasteiger partial charge in [-0.2, -0.15) is 4.58 Å². The second-order valence-electron chi connectivity index (χ2n) is 13.3. The van der Waals surface area contributed by atoms with E-state index in [4.69, 9.17) is 23.2 Å². The summed E-state index contributed by atoms with van der Waals surface area (Å²) < 4.78 is 31.6.